The van der Waals surface area contributed by atoms with Crippen LogP contribution in [0.5, 0.6) is 0 Å². The highest BCUT2D eigenvalue weighted by atomic mass is 35.5. The molecule has 0 aromatic heterocycles. The summed E-state index contributed by atoms with van der Waals surface area (Å²) in [4.78, 5) is 3.88. The second-order valence-electron chi connectivity index (χ2n) is 1.53. The summed E-state index contributed by atoms with van der Waals surface area (Å²) >= 11 is 5.68. The minimum atomic E-state index is 0.676. The molecule has 50 valence electrons. The Morgan fingerprint density at radius 3 is 2.56 bits per heavy atom. The van der Waals surface area contributed by atoms with Crippen molar-refractivity contribution in [1.29, 1.82) is 0 Å². The van der Waals surface area contributed by atoms with Crippen molar-refractivity contribution in [2.45, 2.75) is 13.8 Å². The van der Waals surface area contributed by atoms with Gasteiger partial charge in [0, 0.05) is 6.20 Å². The van der Waals surface area contributed by atoms with Crippen LogP contribution in [0.2, 0.25) is 0 Å². The number of nitrogens with zero attached hydrogens (tertiary/aromatic N) is 1. The van der Waals surface area contributed by atoms with E-state index in [2.05, 4.69) is 11.6 Å². The fourth-order valence-electron chi connectivity index (χ4n) is 0.407. The third-order valence-corrected chi connectivity index (χ3v) is 1.38. The molecule has 9 heavy (non-hydrogen) atoms. The third kappa shape index (κ3) is 3.09. The summed E-state index contributed by atoms with van der Waals surface area (Å²) < 4.78 is 0. The molecule has 0 aliphatic carbocycles. The van der Waals surface area contributed by atoms with Crippen LogP contribution in [-0.4, -0.2) is 5.71 Å². The first-order valence-corrected chi connectivity index (χ1v) is 3.07. The highest BCUT2D eigenvalue weighted by Crippen LogP contribution is 2.02. The highest BCUT2D eigenvalue weighted by Gasteiger charge is 1.91. The fraction of sp³-hybridized carbons (Fsp3) is 0.286. The molecule has 0 amide bonds. The van der Waals surface area contributed by atoms with E-state index < -0.39 is 0 Å². The molecule has 0 atom stereocenters. The van der Waals surface area contributed by atoms with Crippen LogP contribution < -0.4 is 0 Å². The minimum absolute atomic E-state index is 0.676. The SMILES string of the molecule is C=CN=C(C)/C(Cl)=C\C. The van der Waals surface area contributed by atoms with Crippen LogP contribution in [0, 0.1) is 0 Å². The molecule has 0 fully saturated rings. The van der Waals surface area contributed by atoms with Crippen molar-refractivity contribution in [2.24, 2.45) is 4.99 Å². The molecule has 0 saturated carbocycles. The second kappa shape index (κ2) is 4.33. The number of rotatable bonds is 2. The monoisotopic (exact) mass is 143 g/mol. The van der Waals surface area contributed by atoms with Crippen LogP contribution in [0.15, 0.2) is 28.9 Å². The van der Waals surface area contributed by atoms with Crippen molar-refractivity contribution in [3.63, 3.8) is 0 Å². The Labute approximate surface area is 60.7 Å². The van der Waals surface area contributed by atoms with Gasteiger partial charge in [-0.25, -0.2) is 0 Å². The Morgan fingerprint density at radius 1 is 1.67 bits per heavy atom. The lowest BCUT2D eigenvalue weighted by Gasteiger charge is -1.91. The number of hydrogen-bond donors (Lipinski definition) is 0. The second-order valence-corrected chi connectivity index (χ2v) is 1.94. The van der Waals surface area contributed by atoms with Gasteiger partial charge in [-0.3, -0.25) is 4.99 Å². The van der Waals surface area contributed by atoms with Gasteiger partial charge in [-0.15, -0.1) is 0 Å². The molecule has 0 aliphatic heterocycles. The van der Waals surface area contributed by atoms with Gasteiger partial charge in [0.1, 0.15) is 0 Å². The molecule has 0 aromatic rings. The maximum absolute atomic E-state index is 5.68. The van der Waals surface area contributed by atoms with Crippen molar-refractivity contribution < 1.29 is 0 Å². The molecule has 1 nitrogen and oxygen atoms in total. The summed E-state index contributed by atoms with van der Waals surface area (Å²) in [5, 5.41) is 0.676. The van der Waals surface area contributed by atoms with Crippen molar-refractivity contribution in [3.05, 3.63) is 23.9 Å². The largest absolute Gasteiger partial charge is 0.261 e. The molecular formula is C7H10ClN. The average Bonchev–Trinajstić information content (AvgIpc) is 1.87. The fourth-order valence-corrected chi connectivity index (χ4v) is 0.456. The zero-order valence-corrected chi connectivity index (χ0v) is 6.44. The summed E-state index contributed by atoms with van der Waals surface area (Å²) in [5.41, 5.74) is 0.800. The predicted octanol–water partition coefficient (Wildman–Crippen LogP) is 2.73. The van der Waals surface area contributed by atoms with Crippen LogP contribution in [0.3, 0.4) is 0 Å². The van der Waals surface area contributed by atoms with E-state index in [-0.39, 0.29) is 0 Å². The van der Waals surface area contributed by atoms with Crippen LogP contribution >= 0.6 is 11.6 Å². The van der Waals surface area contributed by atoms with Gasteiger partial charge in [0.2, 0.25) is 0 Å². The van der Waals surface area contributed by atoms with E-state index in [1.54, 1.807) is 6.08 Å². The molecule has 0 unspecified atom stereocenters. The molecule has 0 aliphatic rings. The molecule has 0 heterocycles. The van der Waals surface area contributed by atoms with Gasteiger partial charge < -0.3 is 0 Å². The van der Waals surface area contributed by atoms with Gasteiger partial charge in [0.05, 0.1) is 10.7 Å². The molecule has 0 aromatic carbocycles. The predicted molar refractivity (Wildman–Crippen MR) is 42.9 cm³/mol. The van der Waals surface area contributed by atoms with E-state index in [4.69, 9.17) is 11.6 Å². The lowest BCUT2D eigenvalue weighted by atomic mass is 10.4. The molecule has 0 rings (SSSR count). The van der Waals surface area contributed by atoms with Crippen molar-refractivity contribution >= 4 is 17.3 Å². The quantitative estimate of drug-likeness (QED) is 0.527. The summed E-state index contributed by atoms with van der Waals surface area (Å²) in [6.07, 6.45) is 3.27. The number of hydrogen-bond acceptors (Lipinski definition) is 1. The lowest BCUT2D eigenvalue weighted by Crippen LogP contribution is -1.87. The highest BCUT2D eigenvalue weighted by molar-refractivity contribution is 6.43. The Kier molecular flexibility index (Phi) is 4.06. The Morgan fingerprint density at radius 2 is 2.22 bits per heavy atom. The van der Waals surface area contributed by atoms with Crippen molar-refractivity contribution in [3.8, 4) is 0 Å². The first-order valence-electron chi connectivity index (χ1n) is 2.70. The zero-order chi connectivity index (χ0) is 7.28. The van der Waals surface area contributed by atoms with Crippen molar-refractivity contribution in [1.82, 2.24) is 0 Å². The first kappa shape index (κ1) is 8.44. The van der Waals surface area contributed by atoms with E-state index >= 15 is 0 Å². The van der Waals surface area contributed by atoms with Gasteiger partial charge in [0.25, 0.3) is 0 Å². The summed E-state index contributed by atoms with van der Waals surface area (Å²) in [6, 6.07) is 0. The van der Waals surface area contributed by atoms with Crippen LogP contribution in [-0.2, 0) is 0 Å². The Balaban J connectivity index is 4.19. The first-order chi connectivity index (χ1) is 4.22. The Hall–Kier alpha value is -0.560. The molecule has 0 spiro atoms. The van der Waals surface area contributed by atoms with E-state index in [0.717, 1.165) is 5.71 Å². The maximum atomic E-state index is 5.68. The van der Waals surface area contributed by atoms with Crippen LogP contribution in [0.4, 0.5) is 0 Å². The van der Waals surface area contributed by atoms with E-state index in [9.17, 15) is 0 Å². The molecular weight excluding hydrogens is 134 g/mol. The molecule has 0 N–H and O–H groups in total. The van der Waals surface area contributed by atoms with Gasteiger partial charge in [-0.2, -0.15) is 0 Å². The molecule has 0 radical (unpaired) electrons. The minimum Gasteiger partial charge on any atom is -0.261 e. The number of allylic oxidation sites excluding steroid dienone is 2. The summed E-state index contributed by atoms with van der Waals surface area (Å²) in [6.45, 7) is 7.15. The van der Waals surface area contributed by atoms with E-state index in [1.165, 1.54) is 6.20 Å². The third-order valence-electron chi connectivity index (χ3n) is 0.884. The van der Waals surface area contributed by atoms with Crippen molar-refractivity contribution in [2.75, 3.05) is 0 Å². The molecule has 2 heteroatoms. The Bertz CT molecular complexity index is 156. The van der Waals surface area contributed by atoms with E-state index in [1.807, 2.05) is 13.8 Å². The smallest absolute Gasteiger partial charge is 0.0575 e. The summed E-state index contributed by atoms with van der Waals surface area (Å²) in [5.74, 6) is 0. The van der Waals surface area contributed by atoms with Crippen LogP contribution in [0.1, 0.15) is 13.8 Å². The average molecular weight is 144 g/mol. The summed E-state index contributed by atoms with van der Waals surface area (Å²) in [7, 11) is 0. The number of halogens is 1. The molecule has 0 bridgehead atoms. The standard InChI is InChI=1S/C7H10ClN/c1-4-7(8)6(3)9-5-2/h4-5H,2H2,1,3H3/b7-4+,9-6?. The zero-order valence-electron chi connectivity index (χ0n) is 5.69. The van der Waals surface area contributed by atoms with Gasteiger partial charge in [0.15, 0.2) is 0 Å². The number of aliphatic imine (C=N–C) groups is 1. The van der Waals surface area contributed by atoms with Crippen LogP contribution in [0.25, 0.3) is 0 Å². The maximum Gasteiger partial charge on any atom is 0.0575 e. The lowest BCUT2D eigenvalue weighted by molar-refractivity contribution is 1.54. The molecule has 0 saturated heterocycles. The van der Waals surface area contributed by atoms with Gasteiger partial charge >= 0.3 is 0 Å². The van der Waals surface area contributed by atoms with E-state index in [0.29, 0.717) is 5.03 Å². The van der Waals surface area contributed by atoms with Gasteiger partial charge in [-0.05, 0) is 13.8 Å². The van der Waals surface area contributed by atoms with Gasteiger partial charge in [-0.1, -0.05) is 24.3 Å². The topological polar surface area (TPSA) is 12.4 Å². The normalized spacial score (nSPS) is 13.7.